The number of morpholine rings is 1. The van der Waals surface area contributed by atoms with Crippen LogP contribution in [0.25, 0.3) is 11.0 Å². The van der Waals surface area contributed by atoms with Gasteiger partial charge in [-0.05, 0) is 37.0 Å². The number of hydrogen-bond acceptors (Lipinski definition) is 6. The highest BCUT2D eigenvalue weighted by Gasteiger charge is 2.40. The van der Waals surface area contributed by atoms with E-state index < -0.39 is 10.0 Å². The van der Waals surface area contributed by atoms with Gasteiger partial charge in [0.2, 0.25) is 10.0 Å². The maximum atomic E-state index is 12.9. The van der Waals surface area contributed by atoms with Gasteiger partial charge < -0.3 is 14.0 Å². The molecule has 0 radical (unpaired) electrons. The van der Waals surface area contributed by atoms with Gasteiger partial charge in [-0.15, -0.1) is 0 Å². The third kappa shape index (κ3) is 4.04. The molecule has 2 atom stereocenters. The van der Waals surface area contributed by atoms with E-state index >= 15 is 0 Å². The summed E-state index contributed by atoms with van der Waals surface area (Å²) in [6.45, 7) is 6.43. The van der Waals surface area contributed by atoms with Gasteiger partial charge in [-0.1, -0.05) is 13.8 Å². The largest absolute Gasteiger partial charge is 0.457 e. The topological polar surface area (TPSA) is 90.7 Å². The van der Waals surface area contributed by atoms with Crippen molar-refractivity contribution >= 4 is 27.0 Å². The number of carbonyl (C=O) groups excluding carboxylic acids is 1. The molecule has 1 saturated heterocycles. The maximum Gasteiger partial charge on any atom is 0.309 e. The van der Waals surface area contributed by atoms with Gasteiger partial charge in [-0.2, -0.15) is 4.31 Å². The minimum atomic E-state index is -3.59. The highest BCUT2D eigenvalue weighted by molar-refractivity contribution is 7.89. The van der Waals surface area contributed by atoms with E-state index in [0.29, 0.717) is 43.6 Å². The lowest BCUT2D eigenvalue weighted by atomic mass is 10.3. The van der Waals surface area contributed by atoms with Crippen molar-refractivity contribution in [1.82, 2.24) is 13.9 Å². The van der Waals surface area contributed by atoms with E-state index in [0.717, 1.165) is 24.9 Å². The zero-order valence-electron chi connectivity index (χ0n) is 16.8. The first-order chi connectivity index (χ1) is 13.9. The molecule has 2 aromatic rings. The molecule has 1 aliphatic carbocycles. The van der Waals surface area contributed by atoms with E-state index in [1.807, 2.05) is 11.5 Å². The average Bonchev–Trinajstić information content (AvgIpc) is 3.36. The Morgan fingerprint density at radius 2 is 2.03 bits per heavy atom. The van der Waals surface area contributed by atoms with Gasteiger partial charge in [-0.3, -0.25) is 4.79 Å². The minimum Gasteiger partial charge on any atom is -0.457 e. The molecule has 1 aliphatic heterocycles. The van der Waals surface area contributed by atoms with Gasteiger partial charge >= 0.3 is 5.97 Å². The number of benzene rings is 1. The van der Waals surface area contributed by atoms with Crippen LogP contribution < -0.4 is 0 Å². The van der Waals surface area contributed by atoms with Crippen LogP contribution >= 0.6 is 0 Å². The molecule has 1 saturated carbocycles. The van der Waals surface area contributed by atoms with E-state index in [2.05, 4.69) is 11.9 Å². The number of hydrogen-bond donors (Lipinski definition) is 0. The zero-order valence-corrected chi connectivity index (χ0v) is 17.7. The van der Waals surface area contributed by atoms with Gasteiger partial charge in [0.05, 0.1) is 35.1 Å². The van der Waals surface area contributed by atoms with E-state index in [1.165, 1.54) is 4.31 Å². The lowest BCUT2D eigenvalue weighted by molar-refractivity contribution is -0.147. The molecule has 0 unspecified atom stereocenters. The van der Waals surface area contributed by atoms with E-state index in [4.69, 9.17) is 9.47 Å². The summed E-state index contributed by atoms with van der Waals surface area (Å²) < 4.78 is 40.1. The van der Waals surface area contributed by atoms with Crippen molar-refractivity contribution < 1.29 is 22.7 Å². The molecule has 8 nitrogen and oxygen atoms in total. The van der Waals surface area contributed by atoms with Crippen molar-refractivity contribution in [3.8, 4) is 0 Å². The molecule has 0 amide bonds. The molecule has 1 aromatic heterocycles. The van der Waals surface area contributed by atoms with Crippen molar-refractivity contribution in [2.45, 2.75) is 44.7 Å². The van der Waals surface area contributed by atoms with Crippen LogP contribution in [-0.2, 0) is 37.4 Å². The molecule has 158 valence electrons. The lowest BCUT2D eigenvalue weighted by Gasteiger charge is -2.26. The number of ether oxygens (including phenoxy) is 2. The summed E-state index contributed by atoms with van der Waals surface area (Å²) in [5.41, 5.74) is 1.44. The summed E-state index contributed by atoms with van der Waals surface area (Å²) in [6.07, 6.45) is 1.77. The van der Waals surface area contributed by atoms with Gasteiger partial charge in [-0.25, -0.2) is 13.4 Å². The van der Waals surface area contributed by atoms with Crippen molar-refractivity contribution in [2.24, 2.45) is 11.8 Å². The third-order valence-electron chi connectivity index (χ3n) is 5.61. The first-order valence-electron chi connectivity index (χ1n) is 10.2. The fourth-order valence-electron chi connectivity index (χ4n) is 3.73. The van der Waals surface area contributed by atoms with Crippen LogP contribution in [0.15, 0.2) is 23.1 Å². The second-order valence-electron chi connectivity index (χ2n) is 7.77. The first-order valence-corrected chi connectivity index (χ1v) is 11.6. The number of aromatic nitrogens is 2. The Morgan fingerprint density at radius 1 is 1.31 bits per heavy atom. The van der Waals surface area contributed by atoms with E-state index in [1.54, 1.807) is 18.2 Å². The van der Waals surface area contributed by atoms with Crippen LogP contribution in [0.4, 0.5) is 0 Å². The number of aryl methyl sites for hydroxylation is 1. The Hall–Kier alpha value is -1.97. The second kappa shape index (κ2) is 8.04. The summed E-state index contributed by atoms with van der Waals surface area (Å²) in [5, 5.41) is 0. The summed E-state index contributed by atoms with van der Waals surface area (Å²) in [5.74, 6) is 0.863. The highest BCUT2D eigenvalue weighted by Crippen LogP contribution is 2.38. The monoisotopic (exact) mass is 421 g/mol. The molecule has 9 heteroatoms. The summed E-state index contributed by atoms with van der Waals surface area (Å²) in [4.78, 5) is 16.9. The minimum absolute atomic E-state index is 0.00396. The van der Waals surface area contributed by atoms with Crippen LogP contribution in [0.3, 0.4) is 0 Å². The standard InChI is InChI=1S/C20H27N3O5S/c1-3-6-23-18-5-4-15(29(25,26)22-7-9-27-10-8-22)12-17(18)21-19(23)13-28-20(24)16-11-14(16)2/h4-5,12,14,16H,3,6-11,13H2,1-2H3/t14-,16+/m1/s1. The number of fused-ring (bicyclic) bond motifs is 1. The highest BCUT2D eigenvalue weighted by atomic mass is 32.2. The molecule has 2 fully saturated rings. The van der Waals surface area contributed by atoms with Gasteiger partial charge in [0.25, 0.3) is 0 Å². The molecule has 0 N–H and O–H groups in total. The Kier molecular flexibility index (Phi) is 5.63. The summed E-state index contributed by atoms with van der Waals surface area (Å²) in [6, 6.07) is 5.03. The van der Waals surface area contributed by atoms with Crippen LogP contribution in [0.2, 0.25) is 0 Å². The number of nitrogens with zero attached hydrogens (tertiary/aromatic N) is 3. The zero-order chi connectivity index (χ0) is 20.6. The first kappa shape index (κ1) is 20.3. The van der Waals surface area contributed by atoms with Crippen LogP contribution in [0.1, 0.15) is 32.5 Å². The van der Waals surface area contributed by atoms with Gasteiger partial charge in [0, 0.05) is 19.6 Å². The van der Waals surface area contributed by atoms with Crippen LogP contribution in [-0.4, -0.2) is 54.5 Å². The van der Waals surface area contributed by atoms with Crippen LogP contribution in [0, 0.1) is 11.8 Å². The van der Waals surface area contributed by atoms with E-state index in [-0.39, 0.29) is 23.4 Å². The quantitative estimate of drug-likeness (QED) is 0.637. The maximum absolute atomic E-state index is 12.9. The fraction of sp³-hybridized carbons (Fsp3) is 0.600. The Morgan fingerprint density at radius 3 is 2.69 bits per heavy atom. The number of carbonyl (C=O) groups is 1. The van der Waals surface area contributed by atoms with E-state index in [9.17, 15) is 13.2 Å². The third-order valence-corrected chi connectivity index (χ3v) is 7.50. The summed E-state index contributed by atoms with van der Waals surface area (Å²) in [7, 11) is -3.59. The normalized spacial score (nSPS) is 22.7. The number of rotatable bonds is 7. The average molecular weight is 422 g/mol. The molecule has 0 spiro atoms. The Balaban J connectivity index is 1.61. The molecule has 2 aliphatic rings. The predicted molar refractivity (Wildman–Crippen MR) is 107 cm³/mol. The summed E-state index contributed by atoms with van der Waals surface area (Å²) >= 11 is 0. The Bertz CT molecular complexity index is 1010. The molecule has 2 heterocycles. The van der Waals surface area contributed by atoms with Crippen molar-refractivity contribution in [3.05, 3.63) is 24.0 Å². The Labute approximate surface area is 170 Å². The van der Waals surface area contributed by atoms with Crippen molar-refractivity contribution in [3.63, 3.8) is 0 Å². The predicted octanol–water partition coefficient (Wildman–Crippen LogP) is 2.17. The molecule has 1 aromatic carbocycles. The second-order valence-corrected chi connectivity index (χ2v) is 9.71. The van der Waals surface area contributed by atoms with Crippen LogP contribution in [0.5, 0.6) is 0 Å². The SMILES string of the molecule is CCCn1c(COC(=O)[C@H]2C[C@H]2C)nc2cc(S(=O)(=O)N3CCOCC3)ccc21. The number of sulfonamides is 1. The molecular formula is C20H27N3O5S. The molecule has 4 rings (SSSR count). The van der Waals surface area contributed by atoms with Crippen molar-refractivity contribution in [1.29, 1.82) is 0 Å². The fourth-order valence-corrected chi connectivity index (χ4v) is 5.16. The van der Waals surface area contributed by atoms with Crippen molar-refractivity contribution in [2.75, 3.05) is 26.3 Å². The molecule has 0 bridgehead atoms. The lowest BCUT2D eigenvalue weighted by Crippen LogP contribution is -2.40. The number of imidazole rings is 1. The molecule has 29 heavy (non-hydrogen) atoms. The van der Waals surface area contributed by atoms with Gasteiger partial charge in [0.1, 0.15) is 12.4 Å². The smallest absolute Gasteiger partial charge is 0.309 e. The molecular weight excluding hydrogens is 394 g/mol. The number of esters is 1. The van der Waals surface area contributed by atoms with Gasteiger partial charge in [0.15, 0.2) is 0 Å².